The van der Waals surface area contributed by atoms with Gasteiger partial charge in [-0.3, -0.25) is 4.68 Å². The summed E-state index contributed by atoms with van der Waals surface area (Å²) in [6.07, 6.45) is 0.985. The van der Waals surface area contributed by atoms with E-state index < -0.39 is 0 Å². The smallest absolute Gasteiger partial charge is 0.0696 e. The molecule has 0 atom stereocenters. The Labute approximate surface area is 152 Å². The lowest BCUT2D eigenvalue weighted by Crippen LogP contribution is -2.03. The molecular formula is C20H25BrN2O. The maximum atomic E-state index is 5.06. The van der Waals surface area contributed by atoms with Crippen molar-refractivity contribution in [2.45, 2.75) is 33.7 Å². The fraction of sp³-hybridized carbons (Fsp3) is 0.350. The van der Waals surface area contributed by atoms with Crippen LogP contribution in [0.15, 0.2) is 46.9 Å². The van der Waals surface area contributed by atoms with E-state index in [1.165, 1.54) is 22.0 Å². The summed E-state index contributed by atoms with van der Waals surface area (Å²) >= 11 is 3.49. The highest BCUT2D eigenvalue weighted by Crippen LogP contribution is 2.22. The fourth-order valence-electron chi connectivity index (χ4n) is 2.50. The van der Waals surface area contributed by atoms with Gasteiger partial charge in [0.25, 0.3) is 0 Å². The van der Waals surface area contributed by atoms with Gasteiger partial charge in [0, 0.05) is 30.1 Å². The van der Waals surface area contributed by atoms with E-state index in [4.69, 9.17) is 4.74 Å². The Hall–Kier alpha value is -1.65. The van der Waals surface area contributed by atoms with Crippen molar-refractivity contribution in [3.63, 3.8) is 0 Å². The topological polar surface area (TPSA) is 27.1 Å². The summed E-state index contributed by atoms with van der Waals surface area (Å²) in [5.74, 6) is 0. The minimum absolute atomic E-state index is 0.772. The average Bonchev–Trinajstić information content (AvgIpc) is 2.87. The monoisotopic (exact) mass is 388 g/mol. The highest BCUT2D eigenvalue weighted by Gasteiger charge is 2.06. The van der Waals surface area contributed by atoms with E-state index in [1.54, 1.807) is 7.11 Å². The largest absolute Gasteiger partial charge is 0.385 e. The number of methoxy groups -OCH3 is 1. The van der Waals surface area contributed by atoms with Gasteiger partial charge in [0.15, 0.2) is 0 Å². The lowest BCUT2D eigenvalue weighted by atomic mass is 10.1. The Morgan fingerprint density at radius 1 is 1.04 bits per heavy atom. The van der Waals surface area contributed by atoms with E-state index in [2.05, 4.69) is 82.0 Å². The van der Waals surface area contributed by atoms with Crippen molar-refractivity contribution in [2.75, 3.05) is 13.7 Å². The van der Waals surface area contributed by atoms with Crippen LogP contribution in [0.1, 0.15) is 23.2 Å². The van der Waals surface area contributed by atoms with Crippen LogP contribution in [-0.4, -0.2) is 23.5 Å². The molecule has 24 heavy (non-hydrogen) atoms. The lowest BCUT2D eigenvalue weighted by Gasteiger charge is -2.03. The fourth-order valence-corrected chi connectivity index (χ4v) is 2.85. The Morgan fingerprint density at radius 3 is 2.29 bits per heavy atom. The molecule has 0 unspecified atom stereocenters. The zero-order valence-electron chi connectivity index (χ0n) is 14.8. The number of halogens is 1. The minimum atomic E-state index is 0.772. The molecule has 0 spiro atoms. The molecule has 0 fully saturated rings. The minimum Gasteiger partial charge on any atom is -0.385 e. The number of nitrogens with zero attached hydrogens (tertiary/aromatic N) is 2. The summed E-state index contributed by atoms with van der Waals surface area (Å²) in [5, 5.41) is 5.77. The molecule has 0 amide bonds. The van der Waals surface area contributed by atoms with Crippen molar-refractivity contribution in [3.05, 3.63) is 63.8 Å². The Bertz CT molecular complexity index is 774. The molecule has 0 aliphatic carbocycles. The molecule has 1 aromatic heterocycles. The van der Waals surface area contributed by atoms with Crippen LogP contribution in [0.2, 0.25) is 0 Å². The van der Waals surface area contributed by atoms with E-state index in [0.717, 1.165) is 29.7 Å². The maximum Gasteiger partial charge on any atom is 0.0696 e. The summed E-state index contributed by atoms with van der Waals surface area (Å²) < 4.78 is 8.20. The van der Waals surface area contributed by atoms with Gasteiger partial charge in [-0.15, -0.1) is 0 Å². The Morgan fingerprint density at radius 2 is 1.71 bits per heavy atom. The summed E-state index contributed by atoms with van der Waals surface area (Å²) in [5.41, 5.74) is 5.00. The first-order valence-corrected chi connectivity index (χ1v) is 8.96. The maximum absolute atomic E-state index is 5.06. The second-order valence-corrected chi connectivity index (χ2v) is 6.82. The molecule has 0 aliphatic rings. The standard InChI is InChI=1S/C12H15BrN2O.C8H10/c1-9-11-5-4-10(13)8-12(11)15(14-9)6-3-7-16-2;1-7-5-3-4-6-8(7)2/h4-5,8H,3,6-7H2,1-2H3;3-6H,1-2H3. The second kappa shape index (κ2) is 9.00. The number of aromatic nitrogens is 2. The lowest BCUT2D eigenvalue weighted by molar-refractivity contribution is 0.189. The quantitative estimate of drug-likeness (QED) is 0.555. The number of hydrogen-bond acceptors (Lipinski definition) is 2. The number of benzene rings is 2. The molecule has 2 aromatic carbocycles. The molecule has 3 rings (SSSR count). The molecule has 0 saturated carbocycles. The van der Waals surface area contributed by atoms with Crippen LogP contribution in [0.5, 0.6) is 0 Å². The normalized spacial score (nSPS) is 10.5. The predicted octanol–water partition coefficient (Wildman–Crippen LogP) is 5.45. The molecule has 3 aromatic rings. The molecule has 0 N–H and O–H groups in total. The number of fused-ring (bicyclic) bond motifs is 1. The van der Waals surface area contributed by atoms with Crippen molar-refractivity contribution in [1.82, 2.24) is 9.78 Å². The van der Waals surface area contributed by atoms with Crippen LogP contribution in [0, 0.1) is 20.8 Å². The summed E-state index contributed by atoms with van der Waals surface area (Å²) in [6.45, 7) is 7.96. The SMILES string of the molecule is COCCCn1nc(C)c2ccc(Br)cc21.Cc1ccccc1C. The van der Waals surface area contributed by atoms with Crippen LogP contribution in [0.4, 0.5) is 0 Å². The van der Waals surface area contributed by atoms with Crippen LogP contribution in [0.3, 0.4) is 0 Å². The van der Waals surface area contributed by atoms with Gasteiger partial charge in [0.1, 0.15) is 0 Å². The average molecular weight is 389 g/mol. The molecule has 0 radical (unpaired) electrons. The summed E-state index contributed by atoms with van der Waals surface area (Å²) in [6, 6.07) is 14.6. The van der Waals surface area contributed by atoms with Crippen LogP contribution in [0.25, 0.3) is 10.9 Å². The van der Waals surface area contributed by atoms with Gasteiger partial charge in [-0.05, 0) is 56.5 Å². The Kier molecular flexibility index (Phi) is 7.00. The van der Waals surface area contributed by atoms with Crippen molar-refractivity contribution in [2.24, 2.45) is 0 Å². The third kappa shape index (κ3) is 4.92. The molecule has 0 aliphatic heterocycles. The van der Waals surface area contributed by atoms with Gasteiger partial charge >= 0.3 is 0 Å². The van der Waals surface area contributed by atoms with Crippen LogP contribution in [-0.2, 0) is 11.3 Å². The molecule has 3 nitrogen and oxygen atoms in total. The van der Waals surface area contributed by atoms with Gasteiger partial charge in [0.2, 0.25) is 0 Å². The van der Waals surface area contributed by atoms with Crippen LogP contribution >= 0.6 is 15.9 Å². The molecule has 128 valence electrons. The van der Waals surface area contributed by atoms with Crippen molar-refractivity contribution in [1.29, 1.82) is 0 Å². The highest BCUT2D eigenvalue weighted by atomic mass is 79.9. The number of rotatable bonds is 4. The Balaban J connectivity index is 0.000000219. The number of aryl methyl sites for hydroxylation is 4. The third-order valence-electron chi connectivity index (χ3n) is 4.04. The highest BCUT2D eigenvalue weighted by molar-refractivity contribution is 9.10. The van der Waals surface area contributed by atoms with E-state index in [-0.39, 0.29) is 0 Å². The van der Waals surface area contributed by atoms with Crippen molar-refractivity contribution >= 4 is 26.8 Å². The first-order valence-electron chi connectivity index (χ1n) is 8.16. The predicted molar refractivity (Wildman–Crippen MR) is 105 cm³/mol. The second-order valence-electron chi connectivity index (χ2n) is 5.90. The van der Waals surface area contributed by atoms with Gasteiger partial charge < -0.3 is 4.74 Å². The van der Waals surface area contributed by atoms with Gasteiger partial charge in [-0.1, -0.05) is 40.2 Å². The summed E-state index contributed by atoms with van der Waals surface area (Å²) in [7, 11) is 1.73. The first-order chi connectivity index (χ1) is 11.5. The van der Waals surface area contributed by atoms with Gasteiger partial charge in [-0.2, -0.15) is 5.10 Å². The van der Waals surface area contributed by atoms with E-state index in [0.29, 0.717) is 0 Å². The van der Waals surface area contributed by atoms with Crippen LogP contribution < -0.4 is 0 Å². The van der Waals surface area contributed by atoms with Gasteiger partial charge in [-0.25, -0.2) is 0 Å². The molecule has 1 heterocycles. The third-order valence-corrected chi connectivity index (χ3v) is 4.54. The first kappa shape index (κ1) is 18.7. The molecular weight excluding hydrogens is 364 g/mol. The molecule has 0 bridgehead atoms. The van der Waals surface area contributed by atoms with E-state index in [9.17, 15) is 0 Å². The zero-order valence-corrected chi connectivity index (χ0v) is 16.4. The van der Waals surface area contributed by atoms with E-state index in [1.807, 2.05) is 6.92 Å². The molecule has 0 saturated heterocycles. The zero-order chi connectivity index (χ0) is 17.5. The number of ether oxygens (including phenoxy) is 1. The molecule has 4 heteroatoms. The van der Waals surface area contributed by atoms with Crippen molar-refractivity contribution in [3.8, 4) is 0 Å². The van der Waals surface area contributed by atoms with Gasteiger partial charge in [0.05, 0.1) is 11.2 Å². The number of hydrogen-bond donors (Lipinski definition) is 0. The van der Waals surface area contributed by atoms with Crippen molar-refractivity contribution < 1.29 is 4.74 Å². The summed E-state index contributed by atoms with van der Waals surface area (Å²) in [4.78, 5) is 0. The van der Waals surface area contributed by atoms with E-state index >= 15 is 0 Å².